The summed E-state index contributed by atoms with van der Waals surface area (Å²) < 4.78 is 2.80. The van der Waals surface area contributed by atoms with E-state index in [-0.39, 0.29) is 5.56 Å². The minimum Gasteiger partial charge on any atom is -0.268 e. The van der Waals surface area contributed by atoms with E-state index in [1.54, 1.807) is 15.7 Å². The number of hydrogen-bond acceptors (Lipinski definition) is 3. The molecule has 3 nitrogen and oxygen atoms in total. The first-order chi connectivity index (χ1) is 10.8. The van der Waals surface area contributed by atoms with Gasteiger partial charge in [-0.15, -0.1) is 11.3 Å². The molecule has 0 N–H and O–H groups in total. The van der Waals surface area contributed by atoms with Crippen LogP contribution in [0.5, 0.6) is 0 Å². The summed E-state index contributed by atoms with van der Waals surface area (Å²) >= 11 is 1.61. The molecule has 0 spiro atoms. The number of aromatic nitrogens is 2. The molecule has 0 aliphatic carbocycles. The van der Waals surface area contributed by atoms with Gasteiger partial charge >= 0.3 is 0 Å². The second-order valence-electron chi connectivity index (χ2n) is 5.28. The molecule has 0 atom stereocenters. The van der Waals surface area contributed by atoms with Crippen molar-refractivity contribution in [3.05, 3.63) is 70.3 Å². The van der Waals surface area contributed by atoms with Crippen molar-refractivity contribution in [3.63, 3.8) is 0 Å². The second kappa shape index (κ2) is 4.15. The van der Waals surface area contributed by atoms with Gasteiger partial charge in [0.15, 0.2) is 0 Å². The molecule has 0 aliphatic heterocycles. The smallest absolute Gasteiger partial charge is 0.265 e. The molecule has 0 radical (unpaired) electrons. The van der Waals surface area contributed by atoms with Crippen LogP contribution in [-0.4, -0.2) is 9.38 Å². The fourth-order valence-corrected chi connectivity index (χ4v) is 4.01. The Morgan fingerprint density at radius 2 is 1.77 bits per heavy atom. The van der Waals surface area contributed by atoms with Gasteiger partial charge in [0.2, 0.25) is 0 Å². The topological polar surface area (TPSA) is 34.4 Å². The van der Waals surface area contributed by atoms with Gasteiger partial charge in [-0.2, -0.15) is 0 Å². The number of imidazole rings is 1. The zero-order chi connectivity index (χ0) is 14.7. The van der Waals surface area contributed by atoms with E-state index in [4.69, 9.17) is 4.98 Å². The van der Waals surface area contributed by atoms with Crippen molar-refractivity contribution >= 4 is 37.8 Å². The Hall–Kier alpha value is -2.72. The molecule has 0 saturated heterocycles. The van der Waals surface area contributed by atoms with Crippen LogP contribution in [0.15, 0.2) is 64.8 Å². The van der Waals surface area contributed by atoms with Crippen LogP contribution in [0.25, 0.3) is 37.9 Å². The zero-order valence-electron chi connectivity index (χ0n) is 11.5. The first-order valence-electron chi connectivity index (χ1n) is 7.04. The maximum atomic E-state index is 12.9. The van der Waals surface area contributed by atoms with E-state index in [2.05, 4.69) is 6.07 Å². The fraction of sp³-hybridized carbons (Fsp3) is 0. The van der Waals surface area contributed by atoms with Crippen LogP contribution >= 0.6 is 11.3 Å². The maximum Gasteiger partial charge on any atom is 0.265 e. The molecule has 22 heavy (non-hydrogen) atoms. The largest absolute Gasteiger partial charge is 0.268 e. The summed E-state index contributed by atoms with van der Waals surface area (Å²) in [4.78, 5) is 17.7. The molecule has 3 heterocycles. The van der Waals surface area contributed by atoms with Crippen molar-refractivity contribution in [2.75, 3.05) is 0 Å². The Kier molecular flexibility index (Phi) is 2.24. The number of benzene rings is 2. The van der Waals surface area contributed by atoms with Gasteiger partial charge in [-0.3, -0.25) is 9.20 Å². The van der Waals surface area contributed by atoms with Gasteiger partial charge in [0.05, 0.1) is 16.4 Å². The number of thiophene rings is 1. The monoisotopic (exact) mass is 302 g/mol. The summed E-state index contributed by atoms with van der Waals surface area (Å²) in [6, 6.07) is 17.8. The fourth-order valence-electron chi connectivity index (χ4n) is 3.10. The van der Waals surface area contributed by atoms with E-state index < -0.39 is 0 Å². The van der Waals surface area contributed by atoms with E-state index in [1.165, 1.54) is 0 Å². The molecule has 104 valence electrons. The average molecular weight is 302 g/mol. The Balaban J connectivity index is 2.11. The quantitative estimate of drug-likeness (QED) is 0.466. The van der Waals surface area contributed by atoms with Crippen LogP contribution in [-0.2, 0) is 0 Å². The Morgan fingerprint density at radius 1 is 0.909 bits per heavy atom. The molecule has 0 bridgehead atoms. The normalized spacial score (nSPS) is 11.8. The molecular weight excluding hydrogens is 292 g/mol. The van der Waals surface area contributed by atoms with Crippen molar-refractivity contribution in [1.29, 1.82) is 0 Å². The number of nitrogens with zero attached hydrogens (tertiary/aromatic N) is 2. The third-order valence-electron chi connectivity index (χ3n) is 4.05. The summed E-state index contributed by atoms with van der Waals surface area (Å²) in [6.45, 7) is 0. The lowest BCUT2D eigenvalue weighted by Gasteiger charge is -2.03. The van der Waals surface area contributed by atoms with Gasteiger partial charge in [-0.25, -0.2) is 4.98 Å². The minimum absolute atomic E-state index is 0.0105. The maximum absolute atomic E-state index is 12.9. The Labute approximate surface area is 129 Å². The van der Waals surface area contributed by atoms with Gasteiger partial charge < -0.3 is 0 Å². The molecule has 0 aliphatic rings. The van der Waals surface area contributed by atoms with Gasteiger partial charge in [0.25, 0.3) is 5.56 Å². The molecule has 2 aromatic carbocycles. The van der Waals surface area contributed by atoms with Crippen LogP contribution < -0.4 is 5.56 Å². The molecule has 5 aromatic rings. The highest BCUT2D eigenvalue weighted by Crippen LogP contribution is 2.32. The first-order valence-corrected chi connectivity index (χ1v) is 7.92. The highest BCUT2D eigenvalue weighted by Gasteiger charge is 2.18. The molecule has 5 rings (SSSR count). The molecule has 3 aromatic heterocycles. The lowest BCUT2D eigenvalue weighted by molar-refractivity contribution is 1.13. The summed E-state index contributed by atoms with van der Waals surface area (Å²) in [5.41, 5.74) is 2.75. The van der Waals surface area contributed by atoms with Crippen molar-refractivity contribution in [3.8, 4) is 11.4 Å². The lowest BCUT2D eigenvalue weighted by Crippen LogP contribution is -2.13. The van der Waals surface area contributed by atoms with Crippen LogP contribution in [0.1, 0.15) is 0 Å². The average Bonchev–Trinajstić information content (AvgIpc) is 3.19. The number of para-hydroxylation sites is 1. The van der Waals surface area contributed by atoms with Crippen LogP contribution in [0, 0.1) is 0 Å². The van der Waals surface area contributed by atoms with E-state index in [9.17, 15) is 4.79 Å². The van der Waals surface area contributed by atoms with E-state index >= 15 is 0 Å². The highest BCUT2D eigenvalue weighted by atomic mass is 32.1. The predicted octanol–water partition coefficient (Wildman–Crippen LogP) is 4.17. The van der Waals surface area contributed by atoms with Crippen molar-refractivity contribution in [2.45, 2.75) is 0 Å². The Bertz CT molecular complexity index is 1190. The van der Waals surface area contributed by atoms with Gasteiger partial charge in [-0.1, -0.05) is 42.5 Å². The summed E-state index contributed by atoms with van der Waals surface area (Å²) in [5, 5.41) is 3.83. The summed E-state index contributed by atoms with van der Waals surface area (Å²) in [7, 11) is 0. The van der Waals surface area contributed by atoms with Crippen LogP contribution in [0.3, 0.4) is 0 Å². The number of fused-ring (bicyclic) bond motifs is 2. The molecule has 0 amide bonds. The lowest BCUT2D eigenvalue weighted by atomic mass is 10.1. The molecule has 0 unspecified atom stereocenters. The molecule has 0 fully saturated rings. The van der Waals surface area contributed by atoms with E-state index in [0.717, 1.165) is 32.1 Å². The number of rotatable bonds is 1. The SMILES string of the molecule is O=c1c2ccsc2c2cccc3nc(-c4ccccc4)n1c32. The molecular formula is C18H10N2OS. The minimum atomic E-state index is 0.0105. The summed E-state index contributed by atoms with van der Waals surface area (Å²) in [5.74, 6) is 0.713. The van der Waals surface area contributed by atoms with Crippen molar-refractivity contribution < 1.29 is 0 Å². The molecule has 4 heteroatoms. The second-order valence-corrected chi connectivity index (χ2v) is 6.19. The summed E-state index contributed by atoms with van der Waals surface area (Å²) in [6.07, 6.45) is 0. The van der Waals surface area contributed by atoms with Crippen molar-refractivity contribution in [1.82, 2.24) is 9.38 Å². The van der Waals surface area contributed by atoms with Gasteiger partial charge in [0, 0.05) is 15.6 Å². The number of pyridine rings is 1. The van der Waals surface area contributed by atoms with Gasteiger partial charge in [-0.05, 0) is 17.5 Å². The van der Waals surface area contributed by atoms with Crippen LogP contribution in [0.2, 0.25) is 0 Å². The van der Waals surface area contributed by atoms with Gasteiger partial charge in [0.1, 0.15) is 5.82 Å². The predicted molar refractivity (Wildman–Crippen MR) is 91.0 cm³/mol. The molecule has 0 saturated carbocycles. The third kappa shape index (κ3) is 1.40. The van der Waals surface area contributed by atoms with E-state index in [1.807, 2.05) is 53.9 Å². The first kappa shape index (κ1) is 11.9. The van der Waals surface area contributed by atoms with Crippen LogP contribution in [0.4, 0.5) is 0 Å². The standard InChI is InChI=1S/C18H10N2OS/c21-18-13-9-10-22-16(13)12-7-4-8-14-15(12)20(18)17(19-14)11-5-2-1-3-6-11/h1-10H. The Morgan fingerprint density at radius 3 is 2.64 bits per heavy atom. The van der Waals surface area contributed by atoms with Crippen molar-refractivity contribution in [2.24, 2.45) is 0 Å². The zero-order valence-corrected chi connectivity index (χ0v) is 12.3. The number of hydrogen-bond donors (Lipinski definition) is 0. The third-order valence-corrected chi connectivity index (χ3v) is 5.00. The highest BCUT2D eigenvalue weighted by molar-refractivity contribution is 7.18. The van der Waals surface area contributed by atoms with E-state index in [0.29, 0.717) is 5.82 Å².